The molecule has 2 rings (SSSR count). The Hall–Kier alpha value is -0.640. The Morgan fingerprint density at radius 1 is 1.19 bits per heavy atom. The molecule has 0 aliphatic rings. The van der Waals surface area contributed by atoms with Crippen molar-refractivity contribution in [3.8, 4) is 0 Å². The SMILES string of the molecule is CC(OCc1ccc(Br)s1)c1ccccc1. The summed E-state index contributed by atoms with van der Waals surface area (Å²) in [6, 6.07) is 14.4. The molecule has 84 valence electrons. The van der Waals surface area contributed by atoms with E-state index in [-0.39, 0.29) is 6.10 Å². The average Bonchev–Trinajstić information content (AvgIpc) is 2.73. The molecule has 0 bridgehead atoms. The van der Waals surface area contributed by atoms with Crippen molar-refractivity contribution in [3.63, 3.8) is 0 Å². The van der Waals surface area contributed by atoms with Gasteiger partial charge in [-0.2, -0.15) is 0 Å². The van der Waals surface area contributed by atoms with Crippen LogP contribution in [0.1, 0.15) is 23.5 Å². The van der Waals surface area contributed by atoms with Crippen LogP contribution in [0.25, 0.3) is 0 Å². The predicted octanol–water partition coefficient (Wildman–Crippen LogP) is 4.79. The molecule has 0 N–H and O–H groups in total. The third-order valence-electron chi connectivity index (χ3n) is 2.37. The number of thiophene rings is 1. The van der Waals surface area contributed by atoms with Crippen LogP contribution in [0.4, 0.5) is 0 Å². The van der Waals surface area contributed by atoms with Crippen molar-refractivity contribution in [1.82, 2.24) is 0 Å². The lowest BCUT2D eigenvalue weighted by atomic mass is 10.1. The standard InChI is InChI=1S/C13H13BrOS/c1-10(11-5-3-2-4-6-11)15-9-12-7-8-13(14)16-12/h2-8,10H,9H2,1H3. The number of benzene rings is 1. The van der Waals surface area contributed by atoms with E-state index in [9.17, 15) is 0 Å². The van der Waals surface area contributed by atoms with Crippen LogP contribution in [-0.4, -0.2) is 0 Å². The number of hydrogen-bond acceptors (Lipinski definition) is 2. The first-order chi connectivity index (χ1) is 7.75. The molecule has 0 saturated carbocycles. The van der Waals surface area contributed by atoms with Crippen LogP contribution in [0.2, 0.25) is 0 Å². The van der Waals surface area contributed by atoms with Gasteiger partial charge < -0.3 is 4.74 Å². The van der Waals surface area contributed by atoms with Gasteiger partial charge in [-0.15, -0.1) is 11.3 Å². The molecule has 3 heteroatoms. The first-order valence-corrected chi connectivity index (χ1v) is 6.77. The summed E-state index contributed by atoms with van der Waals surface area (Å²) < 4.78 is 6.97. The number of halogens is 1. The van der Waals surface area contributed by atoms with Gasteiger partial charge in [0, 0.05) is 4.88 Å². The molecule has 1 unspecified atom stereocenters. The van der Waals surface area contributed by atoms with Crippen molar-refractivity contribution in [3.05, 3.63) is 56.7 Å². The molecule has 0 spiro atoms. The van der Waals surface area contributed by atoms with Crippen LogP contribution in [0.5, 0.6) is 0 Å². The lowest BCUT2D eigenvalue weighted by molar-refractivity contribution is 0.0542. The summed E-state index contributed by atoms with van der Waals surface area (Å²) in [5, 5.41) is 0. The second-order valence-electron chi connectivity index (χ2n) is 3.57. The van der Waals surface area contributed by atoms with Crippen molar-refractivity contribution in [1.29, 1.82) is 0 Å². The predicted molar refractivity (Wildman–Crippen MR) is 71.7 cm³/mol. The highest BCUT2D eigenvalue weighted by atomic mass is 79.9. The van der Waals surface area contributed by atoms with E-state index in [0.29, 0.717) is 6.61 Å². The number of rotatable bonds is 4. The Labute approximate surface area is 108 Å². The molecule has 0 amide bonds. The average molecular weight is 297 g/mol. The van der Waals surface area contributed by atoms with Gasteiger partial charge in [0.05, 0.1) is 16.5 Å². The number of hydrogen-bond donors (Lipinski definition) is 0. The molecule has 1 aromatic heterocycles. The lowest BCUT2D eigenvalue weighted by Crippen LogP contribution is -1.98. The van der Waals surface area contributed by atoms with Crippen LogP contribution in [0, 0.1) is 0 Å². The largest absolute Gasteiger partial charge is 0.368 e. The van der Waals surface area contributed by atoms with Crippen LogP contribution in [0.15, 0.2) is 46.3 Å². The maximum absolute atomic E-state index is 5.82. The summed E-state index contributed by atoms with van der Waals surface area (Å²) in [5.41, 5.74) is 1.22. The van der Waals surface area contributed by atoms with E-state index in [1.807, 2.05) is 18.2 Å². The highest BCUT2D eigenvalue weighted by Gasteiger charge is 2.06. The minimum Gasteiger partial charge on any atom is -0.368 e. The summed E-state index contributed by atoms with van der Waals surface area (Å²) in [4.78, 5) is 1.25. The van der Waals surface area contributed by atoms with Crippen LogP contribution >= 0.6 is 27.3 Å². The monoisotopic (exact) mass is 296 g/mol. The fraction of sp³-hybridized carbons (Fsp3) is 0.231. The number of ether oxygens (including phenoxy) is 1. The normalized spacial score (nSPS) is 12.6. The van der Waals surface area contributed by atoms with Crippen molar-refractivity contribution < 1.29 is 4.74 Å². The fourth-order valence-corrected chi connectivity index (χ4v) is 2.86. The van der Waals surface area contributed by atoms with Crippen molar-refractivity contribution in [2.75, 3.05) is 0 Å². The molecular formula is C13H13BrOS. The molecule has 1 heterocycles. The van der Waals surface area contributed by atoms with Gasteiger partial charge in [0.1, 0.15) is 0 Å². The third kappa shape index (κ3) is 3.17. The van der Waals surface area contributed by atoms with E-state index in [1.165, 1.54) is 10.4 Å². The van der Waals surface area contributed by atoms with E-state index in [4.69, 9.17) is 4.74 Å². The molecule has 0 radical (unpaired) electrons. The second-order valence-corrected chi connectivity index (χ2v) is 6.12. The maximum Gasteiger partial charge on any atom is 0.0818 e. The Morgan fingerprint density at radius 3 is 2.56 bits per heavy atom. The topological polar surface area (TPSA) is 9.23 Å². The summed E-state index contributed by atoms with van der Waals surface area (Å²) in [6.45, 7) is 2.75. The Kier molecular flexibility index (Phi) is 4.16. The highest BCUT2D eigenvalue weighted by Crippen LogP contribution is 2.25. The first-order valence-electron chi connectivity index (χ1n) is 5.16. The van der Waals surface area contributed by atoms with E-state index in [0.717, 1.165) is 3.79 Å². The second kappa shape index (κ2) is 5.62. The molecule has 2 aromatic rings. The van der Waals surface area contributed by atoms with Crippen molar-refractivity contribution in [2.45, 2.75) is 19.6 Å². The molecule has 1 nitrogen and oxygen atoms in total. The van der Waals surface area contributed by atoms with Gasteiger partial charge in [-0.1, -0.05) is 30.3 Å². The van der Waals surface area contributed by atoms with Gasteiger partial charge in [0.25, 0.3) is 0 Å². The lowest BCUT2D eigenvalue weighted by Gasteiger charge is -2.12. The Morgan fingerprint density at radius 2 is 1.94 bits per heavy atom. The minimum atomic E-state index is 0.141. The van der Waals surface area contributed by atoms with Gasteiger partial charge in [-0.05, 0) is 40.5 Å². The van der Waals surface area contributed by atoms with Crippen LogP contribution in [-0.2, 0) is 11.3 Å². The van der Waals surface area contributed by atoms with E-state index in [1.54, 1.807) is 11.3 Å². The molecule has 1 aromatic carbocycles. The van der Waals surface area contributed by atoms with Gasteiger partial charge in [-0.3, -0.25) is 0 Å². The smallest absolute Gasteiger partial charge is 0.0818 e. The summed E-state index contributed by atoms with van der Waals surface area (Å²) in [7, 11) is 0. The third-order valence-corrected chi connectivity index (χ3v) is 3.97. The Balaban J connectivity index is 1.91. The van der Waals surface area contributed by atoms with E-state index < -0.39 is 0 Å². The van der Waals surface area contributed by atoms with Gasteiger partial charge in [0.15, 0.2) is 0 Å². The molecule has 16 heavy (non-hydrogen) atoms. The van der Waals surface area contributed by atoms with E-state index >= 15 is 0 Å². The fourth-order valence-electron chi connectivity index (χ4n) is 1.46. The zero-order valence-corrected chi connectivity index (χ0v) is 11.4. The van der Waals surface area contributed by atoms with Gasteiger partial charge in [0.2, 0.25) is 0 Å². The van der Waals surface area contributed by atoms with Crippen LogP contribution in [0.3, 0.4) is 0 Å². The summed E-state index contributed by atoms with van der Waals surface area (Å²) in [5.74, 6) is 0. The van der Waals surface area contributed by atoms with Gasteiger partial charge in [-0.25, -0.2) is 0 Å². The zero-order chi connectivity index (χ0) is 11.4. The summed E-state index contributed by atoms with van der Waals surface area (Å²) in [6.07, 6.45) is 0.141. The van der Waals surface area contributed by atoms with E-state index in [2.05, 4.69) is 47.1 Å². The molecule has 0 aliphatic carbocycles. The maximum atomic E-state index is 5.82. The zero-order valence-electron chi connectivity index (χ0n) is 9.02. The van der Waals surface area contributed by atoms with Crippen molar-refractivity contribution in [2.24, 2.45) is 0 Å². The molecule has 1 atom stereocenters. The first kappa shape index (κ1) is 11.8. The quantitative estimate of drug-likeness (QED) is 0.788. The highest BCUT2D eigenvalue weighted by molar-refractivity contribution is 9.11. The molecule has 0 aliphatic heterocycles. The molecule has 0 saturated heterocycles. The molecular weight excluding hydrogens is 284 g/mol. The van der Waals surface area contributed by atoms with Gasteiger partial charge >= 0.3 is 0 Å². The minimum absolute atomic E-state index is 0.141. The Bertz CT molecular complexity index is 438. The summed E-state index contributed by atoms with van der Waals surface area (Å²) >= 11 is 5.16. The van der Waals surface area contributed by atoms with Crippen LogP contribution < -0.4 is 0 Å². The molecule has 0 fully saturated rings. The van der Waals surface area contributed by atoms with Crippen molar-refractivity contribution >= 4 is 27.3 Å².